The Bertz CT molecular complexity index is 737. The molecule has 0 fully saturated rings. The lowest BCUT2D eigenvalue weighted by atomic mass is 9.91. The van der Waals surface area contributed by atoms with Crippen LogP contribution in [0.4, 0.5) is 11.4 Å². The van der Waals surface area contributed by atoms with Crippen LogP contribution >= 0.6 is 0 Å². The maximum Gasteiger partial charge on any atom is 0.284 e. The van der Waals surface area contributed by atoms with E-state index in [1.807, 2.05) is 0 Å². The summed E-state index contributed by atoms with van der Waals surface area (Å²) in [6.45, 7) is 6.43. The second kappa shape index (κ2) is 5.99. The highest BCUT2D eigenvalue weighted by molar-refractivity contribution is 7.90. The average molecular weight is 330 g/mol. The molecule has 22 heavy (non-hydrogen) atoms. The lowest BCUT2D eigenvalue weighted by Crippen LogP contribution is -2.12. The standard InChI is InChI=1S/C13H18N2O6S/c1-7(2)11-9(14(16)17)6-10(22(5,20)21)12(8(3)4)13(11)15(18)19/h6-8H,1-5H3. The average Bonchev–Trinajstić information content (AvgIpc) is 2.34. The minimum Gasteiger partial charge on any atom is -0.258 e. The smallest absolute Gasteiger partial charge is 0.258 e. The number of hydrogen-bond acceptors (Lipinski definition) is 6. The van der Waals surface area contributed by atoms with Crippen LogP contribution in [0.5, 0.6) is 0 Å². The normalized spacial score (nSPS) is 12.0. The molecule has 0 radical (unpaired) electrons. The van der Waals surface area contributed by atoms with Gasteiger partial charge in [-0.2, -0.15) is 0 Å². The van der Waals surface area contributed by atoms with E-state index >= 15 is 0 Å². The molecule has 0 aliphatic carbocycles. The van der Waals surface area contributed by atoms with Crippen LogP contribution in [-0.2, 0) is 9.84 Å². The van der Waals surface area contributed by atoms with Gasteiger partial charge in [-0.05, 0) is 11.8 Å². The third-order valence-corrected chi connectivity index (χ3v) is 4.39. The molecule has 1 aromatic rings. The van der Waals surface area contributed by atoms with Gasteiger partial charge in [-0.25, -0.2) is 8.42 Å². The predicted octanol–water partition coefficient (Wildman–Crippen LogP) is 3.15. The van der Waals surface area contributed by atoms with E-state index in [-0.39, 0.29) is 16.0 Å². The summed E-state index contributed by atoms with van der Waals surface area (Å²) < 4.78 is 23.9. The molecule has 0 amide bonds. The molecule has 0 saturated carbocycles. The van der Waals surface area contributed by atoms with E-state index in [1.54, 1.807) is 27.7 Å². The summed E-state index contributed by atoms with van der Waals surface area (Å²) in [7, 11) is -3.84. The topological polar surface area (TPSA) is 120 Å². The minimum absolute atomic E-state index is 0.0156. The SMILES string of the molecule is CC(C)c1c([N+](=O)[O-])cc(S(C)(=O)=O)c(C(C)C)c1[N+](=O)[O-]. The van der Waals surface area contributed by atoms with Crippen LogP contribution in [0.1, 0.15) is 50.7 Å². The molecule has 0 aliphatic rings. The molecule has 0 bridgehead atoms. The minimum atomic E-state index is -3.84. The van der Waals surface area contributed by atoms with Crippen molar-refractivity contribution in [3.8, 4) is 0 Å². The lowest BCUT2D eigenvalue weighted by Gasteiger charge is -2.16. The highest BCUT2D eigenvalue weighted by atomic mass is 32.2. The monoisotopic (exact) mass is 330 g/mol. The largest absolute Gasteiger partial charge is 0.284 e. The summed E-state index contributed by atoms with van der Waals surface area (Å²) in [4.78, 5) is 20.9. The van der Waals surface area contributed by atoms with Crippen LogP contribution < -0.4 is 0 Å². The van der Waals surface area contributed by atoms with Gasteiger partial charge in [0.05, 0.1) is 20.3 Å². The highest BCUT2D eigenvalue weighted by Gasteiger charge is 2.36. The Kier molecular flexibility index (Phi) is 4.91. The van der Waals surface area contributed by atoms with E-state index < -0.39 is 42.9 Å². The van der Waals surface area contributed by atoms with Gasteiger partial charge in [0.2, 0.25) is 0 Å². The van der Waals surface area contributed by atoms with Crippen molar-refractivity contribution in [2.45, 2.75) is 44.4 Å². The van der Waals surface area contributed by atoms with Crippen molar-refractivity contribution in [1.82, 2.24) is 0 Å². The number of rotatable bonds is 5. The van der Waals surface area contributed by atoms with Crippen molar-refractivity contribution in [1.29, 1.82) is 0 Å². The maximum atomic E-state index is 11.9. The Morgan fingerprint density at radius 2 is 1.41 bits per heavy atom. The molecule has 0 spiro atoms. The van der Waals surface area contributed by atoms with Crippen LogP contribution in [0.25, 0.3) is 0 Å². The van der Waals surface area contributed by atoms with Crippen LogP contribution in [0, 0.1) is 20.2 Å². The predicted molar refractivity (Wildman–Crippen MR) is 81.0 cm³/mol. The fourth-order valence-electron chi connectivity index (χ4n) is 2.44. The molecule has 0 aliphatic heterocycles. The van der Waals surface area contributed by atoms with Gasteiger partial charge in [-0.1, -0.05) is 27.7 Å². The first-order valence-electron chi connectivity index (χ1n) is 6.59. The van der Waals surface area contributed by atoms with Gasteiger partial charge in [-0.15, -0.1) is 0 Å². The summed E-state index contributed by atoms with van der Waals surface area (Å²) in [6, 6.07) is 0.938. The van der Waals surface area contributed by atoms with E-state index in [0.717, 1.165) is 12.3 Å². The number of hydrogen-bond donors (Lipinski definition) is 0. The van der Waals surface area contributed by atoms with E-state index in [4.69, 9.17) is 0 Å². The van der Waals surface area contributed by atoms with Crippen molar-refractivity contribution >= 4 is 21.2 Å². The Labute approximate surface area is 128 Å². The van der Waals surface area contributed by atoms with Crippen molar-refractivity contribution in [2.24, 2.45) is 0 Å². The molecule has 0 atom stereocenters. The van der Waals surface area contributed by atoms with Crippen molar-refractivity contribution in [3.63, 3.8) is 0 Å². The second-order valence-electron chi connectivity index (χ2n) is 5.67. The summed E-state index contributed by atoms with van der Waals surface area (Å²) in [5, 5.41) is 22.7. The first kappa shape index (κ1) is 18.0. The zero-order chi connectivity index (χ0) is 17.4. The summed E-state index contributed by atoms with van der Waals surface area (Å²) in [5.41, 5.74) is -1.04. The molecule has 8 nitrogen and oxygen atoms in total. The molecule has 0 aromatic heterocycles. The maximum absolute atomic E-state index is 11.9. The Balaban J connectivity index is 4.17. The number of sulfone groups is 1. The van der Waals surface area contributed by atoms with Crippen molar-refractivity contribution in [2.75, 3.05) is 6.26 Å². The van der Waals surface area contributed by atoms with E-state index in [0.29, 0.717) is 0 Å². The van der Waals surface area contributed by atoms with Gasteiger partial charge in [0.1, 0.15) is 5.56 Å². The molecule has 1 rings (SSSR count). The van der Waals surface area contributed by atoms with Crippen molar-refractivity contribution in [3.05, 3.63) is 37.4 Å². The van der Waals surface area contributed by atoms with Gasteiger partial charge in [0.25, 0.3) is 11.4 Å². The molecular weight excluding hydrogens is 312 g/mol. The third-order valence-electron chi connectivity index (χ3n) is 3.25. The van der Waals surface area contributed by atoms with Crippen LogP contribution in [0.15, 0.2) is 11.0 Å². The van der Waals surface area contributed by atoms with Gasteiger partial charge in [0, 0.05) is 12.3 Å². The summed E-state index contributed by atoms with van der Waals surface area (Å²) in [5.74, 6) is -0.963. The van der Waals surface area contributed by atoms with E-state index in [2.05, 4.69) is 0 Å². The fraction of sp³-hybridized carbons (Fsp3) is 0.538. The van der Waals surface area contributed by atoms with Gasteiger partial charge in [0.15, 0.2) is 9.84 Å². The Morgan fingerprint density at radius 1 is 0.955 bits per heavy atom. The highest BCUT2D eigenvalue weighted by Crippen LogP contribution is 2.43. The molecule has 0 heterocycles. The number of benzene rings is 1. The van der Waals surface area contributed by atoms with Crippen LogP contribution in [0.2, 0.25) is 0 Å². The number of nitro benzene ring substituents is 2. The van der Waals surface area contributed by atoms with E-state index in [9.17, 15) is 28.6 Å². The molecule has 122 valence electrons. The first-order chi connectivity index (χ1) is 9.89. The quantitative estimate of drug-likeness (QED) is 0.604. The third kappa shape index (κ3) is 3.24. The fourth-order valence-corrected chi connectivity index (χ4v) is 3.50. The Hall–Kier alpha value is -2.03. The molecule has 9 heteroatoms. The lowest BCUT2D eigenvalue weighted by molar-refractivity contribution is -0.396. The van der Waals surface area contributed by atoms with Gasteiger partial charge in [-0.3, -0.25) is 20.2 Å². The number of nitro groups is 2. The molecule has 0 N–H and O–H groups in total. The van der Waals surface area contributed by atoms with Crippen LogP contribution in [0.3, 0.4) is 0 Å². The zero-order valence-corrected chi connectivity index (χ0v) is 13.8. The van der Waals surface area contributed by atoms with Crippen molar-refractivity contribution < 1.29 is 18.3 Å². The first-order valence-corrected chi connectivity index (χ1v) is 8.48. The van der Waals surface area contributed by atoms with E-state index in [1.165, 1.54) is 0 Å². The molecule has 1 aromatic carbocycles. The molecule has 0 unspecified atom stereocenters. The number of nitrogens with zero attached hydrogens (tertiary/aromatic N) is 2. The molecule has 0 saturated heterocycles. The van der Waals surface area contributed by atoms with Gasteiger partial charge < -0.3 is 0 Å². The van der Waals surface area contributed by atoms with Gasteiger partial charge >= 0.3 is 0 Å². The summed E-state index contributed by atoms with van der Waals surface area (Å²) >= 11 is 0. The Morgan fingerprint density at radius 3 is 1.68 bits per heavy atom. The summed E-state index contributed by atoms with van der Waals surface area (Å²) in [6.07, 6.45) is 0.886. The molecular formula is C13H18N2O6S. The second-order valence-corrected chi connectivity index (χ2v) is 7.65. The van der Waals surface area contributed by atoms with Crippen LogP contribution in [-0.4, -0.2) is 24.5 Å². The zero-order valence-electron chi connectivity index (χ0n) is 13.0.